The van der Waals surface area contributed by atoms with Gasteiger partial charge in [0.05, 0.1) is 5.69 Å². The molecular formula is C21H31N5O. The van der Waals surface area contributed by atoms with Crippen molar-refractivity contribution < 1.29 is 0 Å². The number of nitrogens with two attached hydrogens (primary N) is 2. The average molecular weight is 370 g/mol. The molecule has 27 heavy (non-hydrogen) atoms. The molecule has 0 amide bonds. The third-order valence-corrected chi connectivity index (χ3v) is 5.71. The molecule has 3 rings (SSSR count). The number of hydrogen-bond acceptors (Lipinski definition) is 5. The van der Waals surface area contributed by atoms with Gasteiger partial charge in [0.2, 0.25) is 0 Å². The molecule has 146 valence electrons. The minimum absolute atomic E-state index is 0.241. The number of nitrogens with zero attached hydrogens (tertiary/aromatic N) is 3. The van der Waals surface area contributed by atoms with E-state index in [9.17, 15) is 4.79 Å². The Bertz CT molecular complexity index is 793. The molecule has 0 spiro atoms. The van der Waals surface area contributed by atoms with Crippen LogP contribution in [0.1, 0.15) is 45.1 Å². The van der Waals surface area contributed by atoms with E-state index in [2.05, 4.69) is 35.9 Å². The minimum Gasteiger partial charge on any atom is -0.383 e. The highest BCUT2D eigenvalue weighted by Gasteiger charge is 2.26. The van der Waals surface area contributed by atoms with E-state index in [1.807, 2.05) is 12.1 Å². The third-order valence-electron chi connectivity index (χ3n) is 5.71. The Morgan fingerprint density at radius 2 is 1.85 bits per heavy atom. The van der Waals surface area contributed by atoms with Crippen LogP contribution in [-0.4, -0.2) is 39.1 Å². The molecule has 1 aliphatic rings. The van der Waals surface area contributed by atoms with Crippen LogP contribution < -0.4 is 17.2 Å². The first kappa shape index (κ1) is 19.6. The third kappa shape index (κ3) is 4.76. The number of likely N-dealkylation sites (N-methyl/N-ethyl adjacent to an activating group) is 1. The monoisotopic (exact) mass is 369 g/mol. The van der Waals surface area contributed by atoms with Gasteiger partial charge in [0.1, 0.15) is 5.82 Å². The zero-order valence-electron chi connectivity index (χ0n) is 16.3. The van der Waals surface area contributed by atoms with Crippen LogP contribution in [0.2, 0.25) is 0 Å². The molecule has 0 saturated heterocycles. The first-order valence-corrected chi connectivity index (χ1v) is 9.93. The summed E-state index contributed by atoms with van der Waals surface area (Å²) >= 11 is 0. The largest absolute Gasteiger partial charge is 0.383 e. The van der Waals surface area contributed by atoms with E-state index in [-0.39, 0.29) is 11.5 Å². The van der Waals surface area contributed by atoms with E-state index in [1.165, 1.54) is 23.0 Å². The van der Waals surface area contributed by atoms with Crippen molar-refractivity contribution in [3.05, 3.63) is 52.6 Å². The SMILES string of the molecule is CCN(C(C)Cc1ccc(-n2ccc(N)nc2=O)cc1)C1CCC(N)CC1. The minimum atomic E-state index is -0.358. The number of anilines is 1. The second kappa shape index (κ2) is 8.67. The quantitative estimate of drug-likeness (QED) is 0.816. The molecule has 6 nitrogen and oxygen atoms in total. The lowest BCUT2D eigenvalue weighted by molar-refractivity contribution is 0.114. The van der Waals surface area contributed by atoms with Crippen molar-refractivity contribution in [2.75, 3.05) is 12.3 Å². The van der Waals surface area contributed by atoms with Gasteiger partial charge in [-0.2, -0.15) is 4.98 Å². The molecule has 1 fully saturated rings. The molecule has 1 heterocycles. The van der Waals surface area contributed by atoms with Crippen molar-refractivity contribution >= 4 is 5.82 Å². The Morgan fingerprint density at radius 3 is 2.44 bits per heavy atom. The fraction of sp³-hybridized carbons (Fsp3) is 0.524. The number of hydrogen-bond donors (Lipinski definition) is 2. The van der Waals surface area contributed by atoms with Crippen LogP contribution in [0.3, 0.4) is 0 Å². The summed E-state index contributed by atoms with van der Waals surface area (Å²) < 4.78 is 1.51. The summed E-state index contributed by atoms with van der Waals surface area (Å²) in [5.41, 5.74) is 13.3. The van der Waals surface area contributed by atoms with Gasteiger partial charge in [0, 0.05) is 24.3 Å². The maximum absolute atomic E-state index is 12.0. The van der Waals surface area contributed by atoms with Crippen LogP contribution in [-0.2, 0) is 6.42 Å². The molecule has 1 aromatic carbocycles. The maximum Gasteiger partial charge on any atom is 0.354 e. The van der Waals surface area contributed by atoms with Crippen molar-refractivity contribution in [2.24, 2.45) is 5.73 Å². The molecule has 0 aliphatic heterocycles. The first-order chi connectivity index (χ1) is 13.0. The van der Waals surface area contributed by atoms with Gasteiger partial charge in [0.25, 0.3) is 0 Å². The molecule has 4 N–H and O–H groups in total. The molecule has 1 atom stereocenters. The molecule has 0 radical (unpaired) electrons. The summed E-state index contributed by atoms with van der Waals surface area (Å²) in [5.74, 6) is 0.241. The van der Waals surface area contributed by atoms with Gasteiger partial charge in [-0.15, -0.1) is 0 Å². The summed E-state index contributed by atoms with van der Waals surface area (Å²) in [6.07, 6.45) is 7.32. The lowest BCUT2D eigenvalue weighted by Gasteiger charge is -2.39. The zero-order valence-corrected chi connectivity index (χ0v) is 16.3. The smallest absolute Gasteiger partial charge is 0.354 e. The summed E-state index contributed by atoms with van der Waals surface area (Å²) in [4.78, 5) is 18.4. The standard InChI is InChI=1S/C21H31N5O/c1-3-25(18-10-6-17(22)7-11-18)15(2)14-16-4-8-19(9-5-16)26-13-12-20(23)24-21(26)27/h4-5,8-9,12-13,15,17-18H,3,6-7,10-11,14,22H2,1-2H3,(H2,23,24,27). The molecule has 6 heteroatoms. The Morgan fingerprint density at radius 1 is 1.19 bits per heavy atom. The normalized spacial score (nSPS) is 21.3. The van der Waals surface area contributed by atoms with E-state index < -0.39 is 0 Å². The highest BCUT2D eigenvalue weighted by molar-refractivity contribution is 5.36. The van der Waals surface area contributed by atoms with Crippen LogP contribution in [0.4, 0.5) is 5.82 Å². The first-order valence-electron chi connectivity index (χ1n) is 9.93. The highest BCUT2D eigenvalue weighted by Crippen LogP contribution is 2.25. The van der Waals surface area contributed by atoms with E-state index in [1.54, 1.807) is 12.3 Å². The van der Waals surface area contributed by atoms with Gasteiger partial charge in [-0.3, -0.25) is 9.47 Å². The predicted octanol–water partition coefficient (Wildman–Crippen LogP) is 2.34. The molecule has 1 unspecified atom stereocenters. The second-order valence-electron chi connectivity index (χ2n) is 7.62. The fourth-order valence-electron chi connectivity index (χ4n) is 4.23. The maximum atomic E-state index is 12.0. The lowest BCUT2D eigenvalue weighted by Crippen LogP contribution is -2.46. The summed E-state index contributed by atoms with van der Waals surface area (Å²) in [6, 6.07) is 11.3. The van der Waals surface area contributed by atoms with Crippen molar-refractivity contribution in [2.45, 2.75) is 64.1 Å². The molecule has 1 aromatic heterocycles. The van der Waals surface area contributed by atoms with Gasteiger partial charge in [-0.1, -0.05) is 19.1 Å². The van der Waals surface area contributed by atoms with Crippen LogP contribution in [0, 0.1) is 0 Å². The van der Waals surface area contributed by atoms with Crippen LogP contribution in [0.25, 0.3) is 5.69 Å². The predicted molar refractivity (Wildman–Crippen MR) is 110 cm³/mol. The number of benzene rings is 1. The molecule has 0 bridgehead atoms. The van der Waals surface area contributed by atoms with Gasteiger partial charge >= 0.3 is 5.69 Å². The molecule has 2 aromatic rings. The van der Waals surface area contributed by atoms with Gasteiger partial charge in [-0.05, 0) is 69.3 Å². The lowest BCUT2D eigenvalue weighted by atomic mass is 9.89. The molecular weight excluding hydrogens is 338 g/mol. The Labute approximate surface area is 161 Å². The number of rotatable bonds is 6. The second-order valence-corrected chi connectivity index (χ2v) is 7.62. The average Bonchev–Trinajstić information content (AvgIpc) is 2.65. The van der Waals surface area contributed by atoms with Gasteiger partial charge in [0.15, 0.2) is 0 Å². The van der Waals surface area contributed by atoms with Gasteiger partial charge in [-0.25, -0.2) is 4.79 Å². The Balaban J connectivity index is 1.67. The van der Waals surface area contributed by atoms with E-state index in [0.29, 0.717) is 18.1 Å². The summed E-state index contributed by atoms with van der Waals surface area (Å²) in [5, 5.41) is 0. The van der Waals surface area contributed by atoms with E-state index >= 15 is 0 Å². The zero-order chi connectivity index (χ0) is 19.4. The molecule has 1 aliphatic carbocycles. The fourth-order valence-corrected chi connectivity index (χ4v) is 4.23. The summed E-state index contributed by atoms with van der Waals surface area (Å²) in [6.45, 7) is 5.61. The number of nitrogen functional groups attached to an aromatic ring is 1. The van der Waals surface area contributed by atoms with Crippen molar-refractivity contribution in [1.82, 2.24) is 14.5 Å². The van der Waals surface area contributed by atoms with Crippen LogP contribution >= 0.6 is 0 Å². The Hall–Kier alpha value is -2.18. The topological polar surface area (TPSA) is 90.2 Å². The van der Waals surface area contributed by atoms with Crippen LogP contribution in [0.5, 0.6) is 0 Å². The summed E-state index contributed by atoms with van der Waals surface area (Å²) in [7, 11) is 0. The van der Waals surface area contributed by atoms with Crippen molar-refractivity contribution in [3.8, 4) is 5.69 Å². The van der Waals surface area contributed by atoms with Gasteiger partial charge < -0.3 is 11.5 Å². The highest BCUT2D eigenvalue weighted by atomic mass is 16.1. The van der Waals surface area contributed by atoms with Crippen LogP contribution in [0.15, 0.2) is 41.3 Å². The van der Waals surface area contributed by atoms with E-state index in [4.69, 9.17) is 11.5 Å². The number of aromatic nitrogens is 2. The van der Waals surface area contributed by atoms with E-state index in [0.717, 1.165) is 31.5 Å². The van der Waals surface area contributed by atoms with Crippen molar-refractivity contribution in [1.29, 1.82) is 0 Å². The Kier molecular flexibility index (Phi) is 6.29. The molecule has 1 saturated carbocycles. The van der Waals surface area contributed by atoms with Crippen molar-refractivity contribution in [3.63, 3.8) is 0 Å².